The minimum atomic E-state index is -5.08. The summed E-state index contributed by atoms with van der Waals surface area (Å²) >= 11 is 0. The summed E-state index contributed by atoms with van der Waals surface area (Å²) in [7, 11) is 0. The third-order valence-corrected chi connectivity index (χ3v) is 2.99. The summed E-state index contributed by atoms with van der Waals surface area (Å²) in [5.41, 5.74) is 8.37. The summed E-state index contributed by atoms with van der Waals surface area (Å²) in [5, 5.41) is 12.7. The van der Waals surface area contributed by atoms with Crippen LogP contribution < -0.4 is 16.4 Å². The smallest absolute Gasteiger partial charge is 0.475 e. The average Bonchev–Trinajstić information content (AvgIpc) is 2.61. The number of anilines is 1. The highest BCUT2D eigenvalue weighted by Crippen LogP contribution is 2.13. The van der Waals surface area contributed by atoms with Crippen molar-refractivity contribution < 1.29 is 27.9 Å². The molecular weight excluding hydrogens is 351 g/mol. The molecule has 0 aliphatic rings. The lowest BCUT2D eigenvalue weighted by atomic mass is 10.2. The van der Waals surface area contributed by atoms with Crippen LogP contribution >= 0.6 is 0 Å². The number of carbonyl (C=O) groups excluding carboxylic acids is 1. The number of benzene rings is 2. The zero-order valence-corrected chi connectivity index (χ0v) is 13.6. The highest BCUT2D eigenvalue weighted by molar-refractivity contribution is 5.89. The Balaban J connectivity index is 0.000000412. The van der Waals surface area contributed by atoms with Crippen molar-refractivity contribution in [3.05, 3.63) is 65.7 Å². The second-order valence-electron chi connectivity index (χ2n) is 5.00. The van der Waals surface area contributed by atoms with E-state index in [0.29, 0.717) is 13.1 Å². The quantitative estimate of drug-likeness (QED) is 0.665. The number of hydrogen-bond donors (Lipinski definition) is 4. The zero-order chi connectivity index (χ0) is 19.6. The first-order valence-electron chi connectivity index (χ1n) is 7.40. The lowest BCUT2D eigenvalue weighted by Gasteiger charge is -2.08. The second kappa shape index (κ2) is 10.0. The van der Waals surface area contributed by atoms with E-state index in [1.165, 1.54) is 0 Å². The van der Waals surface area contributed by atoms with Gasteiger partial charge in [0.05, 0.1) is 0 Å². The Morgan fingerprint density at radius 2 is 1.50 bits per heavy atom. The largest absolute Gasteiger partial charge is 0.490 e. The van der Waals surface area contributed by atoms with E-state index in [-0.39, 0.29) is 6.03 Å². The molecule has 6 nitrogen and oxygen atoms in total. The number of nitrogens with two attached hydrogens (primary N) is 1. The fourth-order valence-electron chi connectivity index (χ4n) is 1.68. The Labute approximate surface area is 147 Å². The van der Waals surface area contributed by atoms with E-state index >= 15 is 0 Å². The number of halogens is 3. The minimum Gasteiger partial charge on any atom is -0.475 e. The first kappa shape index (κ1) is 21.0. The standard InChI is InChI=1S/C15H17N3O.C2HF3O2/c16-10-12-6-8-14(9-7-12)18-15(19)17-11-13-4-2-1-3-5-13;3-2(4,5)1(6)7/h1-9H,10-11,16H2,(H2,17,18,19);(H,6,7). The lowest BCUT2D eigenvalue weighted by molar-refractivity contribution is -0.192. The number of carboxylic acids is 1. The Kier molecular flexibility index (Phi) is 8.10. The predicted molar refractivity (Wildman–Crippen MR) is 90.3 cm³/mol. The SMILES string of the molecule is NCc1ccc(NC(=O)NCc2ccccc2)cc1.O=C(O)C(F)(F)F. The highest BCUT2D eigenvalue weighted by Gasteiger charge is 2.38. The summed E-state index contributed by atoms with van der Waals surface area (Å²) in [6, 6.07) is 17.0. The monoisotopic (exact) mass is 369 g/mol. The van der Waals surface area contributed by atoms with Crippen molar-refractivity contribution in [1.82, 2.24) is 5.32 Å². The van der Waals surface area contributed by atoms with Crippen LogP contribution in [0.3, 0.4) is 0 Å². The summed E-state index contributed by atoms with van der Waals surface area (Å²) in [4.78, 5) is 20.6. The average molecular weight is 369 g/mol. The maximum Gasteiger partial charge on any atom is 0.490 e. The van der Waals surface area contributed by atoms with Crippen molar-refractivity contribution in [3.8, 4) is 0 Å². The fraction of sp³-hybridized carbons (Fsp3) is 0.176. The molecule has 0 aliphatic carbocycles. The van der Waals surface area contributed by atoms with Crippen molar-refractivity contribution in [1.29, 1.82) is 0 Å². The number of hydrogen-bond acceptors (Lipinski definition) is 3. The predicted octanol–water partition coefficient (Wildman–Crippen LogP) is 3.10. The number of amides is 2. The van der Waals surface area contributed by atoms with Gasteiger partial charge in [0.25, 0.3) is 0 Å². The number of alkyl halides is 3. The molecule has 0 bridgehead atoms. The molecule has 0 aliphatic heterocycles. The molecule has 2 rings (SSSR count). The van der Waals surface area contributed by atoms with Gasteiger partial charge in [-0.3, -0.25) is 0 Å². The first-order chi connectivity index (χ1) is 12.2. The molecule has 0 heterocycles. The number of carbonyl (C=O) groups is 2. The first-order valence-corrected chi connectivity index (χ1v) is 7.40. The molecule has 0 aromatic heterocycles. The lowest BCUT2D eigenvalue weighted by Crippen LogP contribution is -2.28. The molecule has 9 heteroatoms. The van der Waals surface area contributed by atoms with Crippen molar-refractivity contribution in [2.45, 2.75) is 19.3 Å². The molecule has 0 saturated heterocycles. The van der Waals surface area contributed by atoms with E-state index in [0.717, 1.165) is 16.8 Å². The molecule has 26 heavy (non-hydrogen) atoms. The Morgan fingerprint density at radius 3 is 1.96 bits per heavy atom. The highest BCUT2D eigenvalue weighted by atomic mass is 19.4. The van der Waals surface area contributed by atoms with Gasteiger partial charge >= 0.3 is 18.2 Å². The summed E-state index contributed by atoms with van der Waals surface area (Å²) in [5.74, 6) is -2.76. The number of rotatable bonds is 4. The van der Waals surface area contributed by atoms with Crippen LogP contribution in [0.25, 0.3) is 0 Å². The summed E-state index contributed by atoms with van der Waals surface area (Å²) in [6.07, 6.45) is -5.08. The zero-order valence-electron chi connectivity index (χ0n) is 13.6. The fourth-order valence-corrected chi connectivity index (χ4v) is 1.68. The minimum absolute atomic E-state index is 0.218. The van der Waals surface area contributed by atoms with Crippen LogP contribution in [0.4, 0.5) is 23.7 Å². The van der Waals surface area contributed by atoms with Gasteiger partial charge in [0.15, 0.2) is 0 Å². The Bertz CT molecular complexity index is 705. The van der Waals surface area contributed by atoms with Gasteiger partial charge in [0, 0.05) is 18.8 Å². The maximum atomic E-state index is 11.7. The van der Waals surface area contributed by atoms with Crippen LogP contribution in [0.1, 0.15) is 11.1 Å². The number of urea groups is 1. The second-order valence-corrected chi connectivity index (χ2v) is 5.00. The topological polar surface area (TPSA) is 104 Å². The van der Waals surface area contributed by atoms with Crippen LogP contribution in [-0.2, 0) is 17.9 Å². The van der Waals surface area contributed by atoms with E-state index < -0.39 is 12.1 Å². The molecule has 0 saturated carbocycles. The molecular formula is C17H18F3N3O3. The van der Waals surface area contributed by atoms with Gasteiger partial charge in [-0.25, -0.2) is 9.59 Å². The van der Waals surface area contributed by atoms with Gasteiger partial charge in [0.1, 0.15) is 0 Å². The Hall–Kier alpha value is -3.07. The van der Waals surface area contributed by atoms with Crippen molar-refractivity contribution in [2.75, 3.05) is 5.32 Å². The van der Waals surface area contributed by atoms with Crippen LogP contribution in [0.2, 0.25) is 0 Å². The van der Waals surface area contributed by atoms with Crippen molar-refractivity contribution >= 4 is 17.7 Å². The molecule has 0 radical (unpaired) electrons. The third kappa shape index (κ3) is 8.15. The van der Waals surface area contributed by atoms with E-state index in [2.05, 4.69) is 10.6 Å². The van der Waals surface area contributed by atoms with Crippen molar-refractivity contribution in [2.24, 2.45) is 5.73 Å². The molecule has 140 valence electrons. The van der Waals surface area contributed by atoms with Gasteiger partial charge < -0.3 is 21.5 Å². The van der Waals surface area contributed by atoms with Gasteiger partial charge in [-0.05, 0) is 23.3 Å². The van der Waals surface area contributed by atoms with E-state index in [1.807, 2.05) is 54.6 Å². The van der Waals surface area contributed by atoms with Gasteiger partial charge in [0.2, 0.25) is 0 Å². The van der Waals surface area contributed by atoms with Crippen LogP contribution in [0.15, 0.2) is 54.6 Å². The molecule has 2 aromatic carbocycles. The summed E-state index contributed by atoms with van der Waals surface area (Å²) in [6.45, 7) is 1.01. The molecule has 0 fully saturated rings. The van der Waals surface area contributed by atoms with Crippen molar-refractivity contribution in [3.63, 3.8) is 0 Å². The Morgan fingerprint density at radius 1 is 0.962 bits per heavy atom. The number of aliphatic carboxylic acids is 1. The van der Waals surface area contributed by atoms with E-state index in [1.54, 1.807) is 0 Å². The van der Waals surface area contributed by atoms with Gasteiger partial charge in [-0.2, -0.15) is 13.2 Å². The van der Waals surface area contributed by atoms with E-state index in [9.17, 15) is 18.0 Å². The molecule has 0 spiro atoms. The number of carboxylic acid groups (broad SMARTS) is 1. The van der Waals surface area contributed by atoms with E-state index in [4.69, 9.17) is 15.6 Å². The molecule has 0 atom stereocenters. The summed E-state index contributed by atoms with van der Waals surface area (Å²) < 4.78 is 31.7. The van der Waals surface area contributed by atoms with Crippen LogP contribution in [0.5, 0.6) is 0 Å². The normalized spacial score (nSPS) is 10.3. The maximum absolute atomic E-state index is 11.7. The van der Waals surface area contributed by atoms with Gasteiger partial charge in [-0.1, -0.05) is 42.5 Å². The molecule has 2 aromatic rings. The van der Waals surface area contributed by atoms with Crippen LogP contribution in [-0.4, -0.2) is 23.3 Å². The molecule has 5 N–H and O–H groups in total. The third-order valence-electron chi connectivity index (χ3n) is 2.99. The molecule has 2 amide bonds. The molecule has 0 unspecified atom stereocenters. The van der Waals surface area contributed by atoms with Crippen LogP contribution in [0, 0.1) is 0 Å². The van der Waals surface area contributed by atoms with Gasteiger partial charge in [-0.15, -0.1) is 0 Å². The number of nitrogens with one attached hydrogen (secondary N) is 2.